The van der Waals surface area contributed by atoms with Crippen molar-refractivity contribution in [1.82, 2.24) is 0 Å². The topological polar surface area (TPSA) is 0 Å². The van der Waals surface area contributed by atoms with Gasteiger partial charge >= 0.3 is 101 Å². The molecule has 34 heavy (non-hydrogen) atoms. The van der Waals surface area contributed by atoms with Gasteiger partial charge in [0.15, 0.2) is 0 Å². The normalized spacial score (nSPS) is 20.5. The molecular weight excluding hydrogens is 682 g/mol. The molecule has 0 nitrogen and oxygen atoms in total. The summed E-state index contributed by atoms with van der Waals surface area (Å²) in [4.78, 5) is 0. The van der Waals surface area contributed by atoms with Crippen molar-refractivity contribution in [1.29, 1.82) is 0 Å². The number of rotatable bonds is 2. The molecule has 2 unspecified atom stereocenters. The third kappa shape index (κ3) is 8.66. The first kappa shape index (κ1) is 29.4. The molecule has 0 N–H and O–H groups in total. The van der Waals surface area contributed by atoms with Crippen LogP contribution in [0, 0.1) is 24.7 Å². The molecule has 6 rings (SSSR count). The maximum atomic E-state index is 2.37. The summed E-state index contributed by atoms with van der Waals surface area (Å²) in [5.74, 6) is 1.77. The fourth-order valence-corrected chi connectivity index (χ4v) is 13.8. The van der Waals surface area contributed by atoms with Gasteiger partial charge in [0, 0.05) is 0 Å². The molecule has 2 aromatic carbocycles. The first-order valence-electron chi connectivity index (χ1n) is 11.9. The average molecular weight is 715 g/mol. The second-order valence-electron chi connectivity index (χ2n) is 8.72. The van der Waals surface area contributed by atoms with Crippen LogP contribution in [0.5, 0.6) is 0 Å². The second-order valence-corrected chi connectivity index (χ2v) is 22.1. The molecule has 4 heteroatoms. The van der Waals surface area contributed by atoms with Gasteiger partial charge in [0.2, 0.25) is 0 Å². The van der Waals surface area contributed by atoms with E-state index >= 15 is 0 Å². The predicted octanol–water partition coefficient (Wildman–Crippen LogP) is 0.321. The Morgan fingerprint density at radius 2 is 1.06 bits per heavy atom. The minimum absolute atomic E-state index is 0. The van der Waals surface area contributed by atoms with E-state index in [1.807, 2.05) is 0 Å². The fraction of sp³-hybridized carbons (Fsp3) is 0.267. The number of halogens is 2. The summed E-state index contributed by atoms with van der Waals surface area (Å²) >= 11 is 1.33. The van der Waals surface area contributed by atoms with E-state index in [-0.39, 0.29) is 24.8 Å². The number of hydrogen-bond donors (Lipinski definition) is 0. The molecule has 2 aromatic rings. The van der Waals surface area contributed by atoms with Gasteiger partial charge in [-0.15, -0.1) is 37.1 Å². The van der Waals surface area contributed by atoms with Crippen LogP contribution in [0.15, 0.2) is 108 Å². The Morgan fingerprint density at radius 1 is 0.647 bits per heavy atom. The molecule has 0 amide bonds. The molecule has 2 saturated carbocycles. The zero-order valence-corrected chi connectivity index (χ0v) is 26.7. The molecule has 0 spiro atoms. The Bertz CT molecular complexity index is 927. The summed E-state index contributed by atoms with van der Waals surface area (Å²) in [5.41, 5.74) is 3.16. The van der Waals surface area contributed by atoms with Crippen LogP contribution in [-0.4, -0.2) is 10.1 Å². The molecule has 0 aromatic heterocycles. The third-order valence-corrected chi connectivity index (χ3v) is 21.1. The molecule has 0 saturated heterocycles. The molecule has 2 fully saturated rings. The number of benzene rings is 2. The fourth-order valence-electron chi connectivity index (χ4n) is 4.71. The van der Waals surface area contributed by atoms with E-state index < -0.39 is 10.1 Å². The van der Waals surface area contributed by atoms with Crippen molar-refractivity contribution in [3.63, 3.8) is 0 Å². The summed E-state index contributed by atoms with van der Waals surface area (Å²) in [6, 6.07) is 22.0. The van der Waals surface area contributed by atoms with Crippen molar-refractivity contribution in [2.75, 3.05) is 0 Å². The van der Waals surface area contributed by atoms with Gasteiger partial charge in [-0.3, -0.25) is 0 Å². The number of hydrogen-bond acceptors (Lipinski definition) is 0. The van der Waals surface area contributed by atoms with E-state index in [9.17, 15) is 0 Å². The van der Waals surface area contributed by atoms with E-state index in [1.165, 1.54) is 59.8 Å². The van der Waals surface area contributed by atoms with E-state index in [1.54, 1.807) is 19.9 Å². The summed E-state index contributed by atoms with van der Waals surface area (Å²) < 4.78 is 3.20. The molecule has 0 heterocycles. The summed E-state index contributed by atoms with van der Waals surface area (Å²) in [6.45, 7) is 0. The summed E-state index contributed by atoms with van der Waals surface area (Å²) in [5, 5.41) is 0. The first-order valence-corrected chi connectivity index (χ1v) is 24.4. The van der Waals surface area contributed by atoms with Gasteiger partial charge in [0.05, 0.1) is 0 Å². The Morgan fingerprint density at radius 3 is 1.44 bits per heavy atom. The van der Waals surface area contributed by atoms with Crippen molar-refractivity contribution in [2.45, 2.75) is 38.5 Å². The molecule has 4 aliphatic rings. The van der Waals surface area contributed by atoms with E-state index in [2.05, 4.69) is 110 Å². The zero-order valence-electron chi connectivity index (χ0n) is 19.5. The van der Waals surface area contributed by atoms with Gasteiger partial charge in [-0.2, -0.15) is 0 Å². The summed E-state index contributed by atoms with van der Waals surface area (Å²) in [7, 11) is -1.06. The zero-order chi connectivity index (χ0) is 22.0. The van der Waals surface area contributed by atoms with Crippen molar-refractivity contribution >= 4 is 18.8 Å². The monoisotopic (exact) mass is 716 g/mol. The minimum atomic E-state index is -1.06. The van der Waals surface area contributed by atoms with E-state index in [0.717, 1.165) is 11.8 Å². The van der Waals surface area contributed by atoms with Gasteiger partial charge in [0.25, 0.3) is 0 Å². The molecular formula is C30H32Cl2GeHf-2. The van der Waals surface area contributed by atoms with Crippen LogP contribution in [0.3, 0.4) is 0 Å². The van der Waals surface area contributed by atoms with Gasteiger partial charge in [-0.1, -0.05) is 12.8 Å². The Labute approximate surface area is 234 Å². The number of fused-ring (bicyclic) bond motifs is 2. The molecule has 0 bridgehead atoms. The Kier molecular flexibility index (Phi) is 13.8. The first-order chi connectivity index (χ1) is 15.8. The molecule has 0 radical (unpaired) electrons. The van der Waals surface area contributed by atoms with Crippen LogP contribution in [0.1, 0.15) is 38.5 Å². The summed E-state index contributed by atoms with van der Waals surface area (Å²) in [6.07, 6.45) is 26.1. The third-order valence-electron chi connectivity index (χ3n) is 6.55. The van der Waals surface area contributed by atoms with Crippen molar-refractivity contribution in [2.24, 2.45) is 11.8 Å². The molecule has 0 aliphatic heterocycles. The maximum absolute atomic E-state index is 2.37. The van der Waals surface area contributed by atoms with Crippen molar-refractivity contribution in [3.8, 4) is 0 Å². The van der Waals surface area contributed by atoms with E-state index in [4.69, 9.17) is 0 Å². The van der Waals surface area contributed by atoms with Crippen LogP contribution >= 0.6 is 0 Å². The SMILES string of the molecule is C1=CCC2CC[CH-]C2=C1.C1=CCC2CC[CH-]C2=C1.[Cl-].[Cl-].[Hf+2]=[Ge]([c]1ccccc1)[c]1ccccc1. The van der Waals surface area contributed by atoms with Gasteiger partial charge in [-0.25, -0.2) is 36.1 Å². The molecule has 4 aliphatic carbocycles. The van der Waals surface area contributed by atoms with Crippen LogP contribution in [0.4, 0.5) is 0 Å². The molecule has 2 atom stereocenters. The van der Waals surface area contributed by atoms with Crippen LogP contribution in [0.2, 0.25) is 0 Å². The Balaban J connectivity index is 0.000000181. The standard InChI is InChI=1S/C12H10Ge.2C9H11.2ClH.Hf/c1-3-7-11(8-4-1)13-12-9-5-2-6-10-12;2*1-2-5-9-7-3-6-8(9)4-1;;;/h1-10H;2*1-2,4,6,9H,3,5,7H2;2*1H;/q;2*-1;;;+2/p-2. The second kappa shape index (κ2) is 16.0. The van der Waals surface area contributed by atoms with Gasteiger partial charge in [-0.05, 0) is 24.7 Å². The van der Waals surface area contributed by atoms with Crippen LogP contribution < -0.4 is 33.6 Å². The number of allylic oxidation sites excluding steroid dienone is 8. The van der Waals surface area contributed by atoms with Crippen LogP contribution in [-0.2, 0) is 21.3 Å². The van der Waals surface area contributed by atoms with Crippen molar-refractivity contribution in [3.05, 3.63) is 121 Å². The molecule has 176 valence electrons. The Hall–Kier alpha value is -0.867. The quantitative estimate of drug-likeness (QED) is 0.311. The van der Waals surface area contributed by atoms with E-state index in [0.29, 0.717) is 0 Å². The van der Waals surface area contributed by atoms with Crippen molar-refractivity contribution < 1.29 is 46.1 Å². The van der Waals surface area contributed by atoms with Crippen LogP contribution in [0.25, 0.3) is 0 Å². The average Bonchev–Trinajstić information content (AvgIpc) is 3.55. The van der Waals surface area contributed by atoms with Gasteiger partial charge in [0.1, 0.15) is 0 Å². The van der Waals surface area contributed by atoms with Gasteiger partial charge < -0.3 is 24.8 Å². The predicted molar refractivity (Wildman–Crippen MR) is 136 cm³/mol.